The molecule has 3 aromatic carbocycles. The number of fused-ring (bicyclic) bond motifs is 1. The number of nitrogens with one attached hydrogen (secondary N) is 3. The van der Waals surface area contributed by atoms with Gasteiger partial charge >= 0.3 is 0 Å². The number of amides is 2. The Hall–Kier alpha value is -3.60. The van der Waals surface area contributed by atoms with Crippen molar-refractivity contribution >= 4 is 39.2 Å². The third-order valence-corrected chi connectivity index (χ3v) is 5.10. The van der Waals surface area contributed by atoms with Crippen molar-refractivity contribution in [1.82, 2.24) is 10.3 Å². The quantitative estimate of drug-likeness (QED) is 0.511. The Morgan fingerprint density at radius 1 is 0.963 bits per heavy atom. The van der Waals surface area contributed by atoms with Crippen LogP contribution in [-0.4, -0.2) is 23.3 Å². The number of anilines is 1. The summed E-state index contributed by atoms with van der Waals surface area (Å²) in [5, 5.41) is 8.84. The Kier molecular flexibility index (Phi) is 3.47. The van der Waals surface area contributed by atoms with Crippen LogP contribution >= 0.6 is 0 Å². The van der Waals surface area contributed by atoms with Crippen LogP contribution in [0.2, 0.25) is 0 Å². The molecule has 2 heterocycles. The van der Waals surface area contributed by atoms with Gasteiger partial charge in [-0.05, 0) is 35.6 Å². The second kappa shape index (κ2) is 5.99. The van der Waals surface area contributed by atoms with E-state index in [1.807, 2.05) is 54.6 Å². The molecule has 1 aromatic heterocycles. The van der Waals surface area contributed by atoms with E-state index in [0.717, 1.165) is 32.9 Å². The van der Waals surface area contributed by atoms with Crippen LogP contribution in [0.4, 0.5) is 5.69 Å². The van der Waals surface area contributed by atoms with Crippen LogP contribution in [0, 0.1) is 0 Å². The van der Waals surface area contributed by atoms with Crippen LogP contribution in [0.15, 0.2) is 60.7 Å². The maximum absolute atomic E-state index is 13.1. The normalized spacial score (nSPS) is 13.4. The van der Waals surface area contributed by atoms with E-state index in [1.165, 1.54) is 0 Å². The van der Waals surface area contributed by atoms with Crippen molar-refractivity contribution in [3.63, 3.8) is 0 Å². The Morgan fingerprint density at radius 2 is 1.78 bits per heavy atom. The molecule has 2 amide bonds. The highest BCUT2D eigenvalue weighted by Gasteiger charge is 2.24. The zero-order chi connectivity index (χ0) is 18.4. The number of rotatable bonds is 2. The number of aromatic amines is 1. The Bertz CT molecular complexity index is 1220. The second-order valence-corrected chi connectivity index (χ2v) is 6.69. The topological polar surface area (TPSA) is 74.0 Å². The Labute approximate surface area is 155 Å². The number of hydrogen-bond donors (Lipinski definition) is 3. The van der Waals surface area contributed by atoms with Gasteiger partial charge in [0.05, 0.1) is 0 Å². The summed E-state index contributed by atoms with van der Waals surface area (Å²) in [7, 11) is 0. The van der Waals surface area contributed by atoms with E-state index in [9.17, 15) is 9.59 Å². The van der Waals surface area contributed by atoms with E-state index in [1.54, 1.807) is 6.07 Å². The van der Waals surface area contributed by atoms with Crippen molar-refractivity contribution < 1.29 is 9.59 Å². The van der Waals surface area contributed by atoms with E-state index in [-0.39, 0.29) is 11.8 Å². The summed E-state index contributed by atoms with van der Waals surface area (Å²) in [5.74, 6) is -0.294. The van der Waals surface area contributed by atoms with Crippen LogP contribution in [-0.2, 0) is 6.42 Å². The minimum absolute atomic E-state index is 0.0978. The molecular formula is C22H17N3O2. The van der Waals surface area contributed by atoms with Crippen LogP contribution in [0.1, 0.15) is 26.4 Å². The van der Waals surface area contributed by atoms with Gasteiger partial charge in [0.2, 0.25) is 0 Å². The summed E-state index contributed by atoms with van der Waals surface area (Å²) < 4.78 is 0. The number of benzene rings is 3. The summed E-state index contributed by atoms with van der Waals surface area (Å²) in [4.78, 5) is 28.6. The maximum Gasteiger partial charge on any atom is 0.272 e. The molecule has 132 valence electrons. The van der Waals surface area contributed by atoms with Crippen molar-refractivity contribution in [2.24, 2.45) is 0 Å². The average Bonchev–Trinajstić information content (AvgIpc) is 2.98. The zero-order valence-electron chi connectivity index (χ0n) is 14.5. The molecule has 1 aliphatic heterocycles. The van der Waals surface area contributed by atoms with Crippen molar-refractivity contribution in [1.29, 1.82) is 0 Å². The SMILES string of the molecule is O=C(Nc1cccc2ccccc12)c1[nH]c2cccc3c2c1CCNC3=O. The van der Waals surface area contributed by atoms with Crippen LogP contribution in [0.5, 0.6) is 0 Å². The monoisotopic (exact) mass is 355 g/mol. The highest BCUT2D eigenvalue weighted by atomic mass is 16.2. The van der Waals surface area contributed by atoms with Crippen LogP contribution in [0.25, 0.3) is 21.7 Å². The van der Waals surface area contributed by atoms with E-state index >= 15 is 0 Å². The first-order valence-corrected chi connectivity index (χ1v) is 8.93. The van der Waals surface area contributed by atoms with Gasteiger partial charge in [-0.1, -0.05) is 42.5 Å². The minimum atomic E-state index is -0.196. The summed E-state index contributed by atoms with van der Waals surface area (Å²) in [6.07, 6.45) is 0.612. The molecule has 1 aliphatic rings. The van der Waals surface area contributed by atoms with Gasteiger partial charge in [-0.25, -0.2) is 0 Å². The lowest BCUT2D eigenvalue weighted by atomic mass is 10.0. The molecule has 4 aromatic rings. The molecule has 0 spiro atoms. The van der Waals surface area contributed by atoms with Gasteiger partial charge in [-0.15, -0.1) is 0 Å². The number of hydrogen-bond acceptors (Lipinski definition) is 2. The molecule has 27 heavy (non-hydrogen) atoms. The molecule has 0 unspecified atom stereocenters. The van der Waals surface area contributed by atoms with Crippen molar-refractivity contribution in [2.75, 3.05) is 11.9 Å². The lowest BCUT2D eigenvalue weighted by Gasteiger charge is -2.09. The fourth-order valence-electron chi connectivity index (χ4n) is 3.87. The fraction of sp³-hybridized carbons (Fsp3) is 0.0909. The molecule has 5 nitrogen and oxygen atoms in total. The lowest BCUT2D eigenvalue weighted by molar-refractivity contribution is 0.0956. The molecule has 3 N–H and O–H groups in total. The number of carbonyl (C=O) groups is 2. The van der Waals surface area contributed by atoms with Crippen LogP contribution in [0.3, 0.4) is 0 Å². The molecule has 0 fully saturated rings. The van der Waals surface area contributed by atoms with E-state index < -0.39 is 0 Å². The molecule has 0 saturated carbocycles. The molecular weight excluding hydrogens is 338 g/mol. The third kappa shape index (κ3) is 2.47. The average molecular weight is 355 g/mol. The minimum Gasteiger partial charge on any atom is -0.352 e. The summed E-state index contributed by atoms with van der Waals surface area (Å²) in [6.45, 7) is 0.509. The molecule has 5 heteroatoms. The van der Waals surface area contributed by atoms with Crippen molar-refractivity contribution in [3.8, 4) is 0 Å². The lowest BCUT2D eigenvalue weighted by Crippen LogP contribution is -2.24. The number of H-pyrrole nitrogens is 1. The molecule has 5 rings (SSSR count). The van der Waals surface area contributed by atoms with Gasteiger partial charge in [0.15, 0.2) is 0 Å². The first kappa shape index (κ1) is 15.6. The standard InChI is InChI=1S/C22H17N3O2/c26-21-16-8-4-10-18-19(16)15(11-12-23-21)20(24-18)22(27)25-17-9-3-6-13-5-1-2-7-14(13)17/h1-10,24H,11-12H2,(H,23,26)(H,25,27). The zero-order valence-corrected chi connectivity index (χ0v) is 14.5. The Morgan fingerprint density at radius 3 is 2.70 bits per heavy atom. The molecule has 0 radical (unpaired) electrons. The third-order valence-electron chi connectivity index (χ3n) is 5.10. The summed E-state index contributed by atoms with van der Waals surface area (Å²) >= 11 is 0. The van der Waals surface area contributed by atoms with Gasteiger partial charge in [0.1, 0.15) is 5.69 Å². The molecule has 0 bridgehead atoms. The van der Waals surface area contributed by atoms with Gasteiger partial charge in [-0.2, -0.15) is 0 Å². The largest absolute Gasteiger partial charge is 0.352 e. The highest BCUT2D eigenvalue weighted by molar-refractivity contribution is 6.15. The molecule has 0 atom stereocenters. The fourth-order valence-corrected chi connectivity index (χ4v) is 3.87. The van der Waals surface area contributed by atoms with Crippen molar-refractivity contribution in [2.45, 2.75) is 6.42 Å². The smallest absolute Gasteiger partial charge is 0.272 e. The molecule has 0 aliphatic carbocycles. The predicted octanol–water partition coefficient (Wildman–Crippen LogP) is 3.86. The summed E-state index contributed by atoms with van der Waals surface area (Å²) in [6, 6.07) is 19.3. The highest BCUT2D eigenvalue weighted by Crippen LogP contribution is 2.30. The number of aromatic nitrogens is 1. The summed E-state index contributed by atoms with van der Waals surface area (Å²) in [5.41, 5.74) is 3.59. The number of carbonyl (C=O) groups excluding carboxylic acids is 2. The van der Waals surface area contributed by atoms with Gasteiger partial charge < -0.3 is 15.6 Å². The second-order valence-electron chi connectivity index (χ2n) is 6.69. The van der Waals surface area contributed by atoms with Crippen molar-refractivity contribution in [3.05, 3.63) is 77.5 Å². The van der Waals surface area contributed by atoms with Crippen LogP contribution < -0.4 is 10.6 Å². The van der Waals surface area contributed by atoms with E-state index in [0.29, 0.717) is 24.2 Å². The van der Waals surface area contributed by atoms with E-state index in [2.05, 4.69) is 15.6 Å². The predicted molar refractivity (Wildman–Crippen MR) is 106 cm³/mol. The first-order valence-electron chi connectivity index (χ1n) is 8.93. The van der Waals surface area contributed by atoms with Gasteiger partial charge in [0.25, 0.3) is 11.8 Å². The van der Waals surface area contributed by atoms with Gasteiger partial charge in [-0.3, -0.25) is 9.59 Å². The van der Waals surface area contributed by atoms with Gasteiger partial charge in [0, 0.05) is 34.1 Å². The maximum atomic E-state index is 13.1. The molecule has 0 saturated heterocycles. The Balaban J connectivity index is 1.61. The van der Waals surface area contributed by atoms with E-state index in [4.69, 9.17) is 0 Å². The first-order chi connectivity index (χ1) is 13.2.